The lowest BCUT2D eigenvalue weighted by molar-refractivity contribution is 0.333. The first-order valence-corrected chi connectivity index (χ1v) is 7.05. The van der Waals surface area contributed by atoms with Crippen LogP contribution < -0.4 is 15.8 Å². The Kier molecular flexibility index (Phi) is 3.52. The van der Waals surface area contributed by atoms with Gasteiger partial charge in [0.25, 0.3) is 0 Å². The molecule has 1 fully saturated rings. The Bertz CT molecular complexity index is 413. The van der Waals surface area contributed by atoms with Crippen molar-refractivity contribution in [1.29, 1.82) is 0 Å². The van der Waals surface area contributed by atoms with E-state index in [-0.39, 0.29) is 6.04 Å². The van der Waals surface area contributed by atoms with Crippen molar-refractivity contribution in [1.82, 2.24) is 5.32 Å². The fraction of sp³-hybridized carbons (Fsp3) is 0.600. The van der Waals surface area contributed by atoms with Crippen molar-refractivity contribution in [2.24, 2.45) is 11.7 Å². The Balaban J connectivity index is 1.66. The van der Waals surface area contributed by atoms with Gasteiger partial charge < -0.3 is 15.8 Å². The molecular formula is C15H22N2O. The normalized spacial score (nSPS) is 21.4. The van der Waals surface area contributed by atoms with Gasteiger partial charge in [-0.05, 0) is 55.5 Å². The minimum Gasteiger partial charge on any atom is -0.493 e. The van der Waals surface area contributed by atoms with Gasteiger partial charge in [0.15, 0.2) is 0 Å². The summed E-state index contributed by atoms with van der Waals surface area (Å²) in [4.78, 5) is 0. The lowest BCUT2D eigenvalue weighted by Gasteiger charge is -2.25. The third kappa shape index (κ3) is 2.52. The Morgan fingerprint density at radius 2 is 2.17 bits per heavy atom. The van der Waals surface area contributed by atoms with E-state index < -0.39 is 0 Å². The molecule has 2 aliphatic rings. The summed E-state index contributed by atoms with van der Waals surface area (Å²) < 4.78 is 5.53. The van der Waals surface area contributed by atoms with Gasteiger partial charge in [-0.2, -0.15) is 0 Å². The van der Waals surface area contributed by atoms with Crippen LogP contribution >= 0.6 is 0 Å². The summed E-state index contributed by atoms with van der Waals surface area (Å²) in [5.74, 6) is 1.83. The van der Waals surface area contributed by atoms with Crippen LogP contribution in [0.5, 0.6) is 5.75 Å². The van der Waals surface area contributed by atoms with Crippen molar-refractivity contribution in [3.8, 4) is 5.75 Å². The molecule has 3 nitrogen and oxygen atoms in total. The van der Waals surface area contributed by atoms with E-state index in [1.807, 2.05) is 0 Å². The summed E-state index contributed by atoms with van der Waals surface area (Å²) in [6.45, 7) is 3.12. The molecule has 3 N–H and O–H groups in total. The number of nitrogens with one attached hydrogen (secondary N) is 1. The van der Waals surface area contributed by atoms with Crippen molar-refractivity contribution < 1.29 is 4.74 Å². The van der Waals surface area contributed by atoms with Gasteiger partial charge in [-0.3, -0.25) is 0 Å². The Morgan fingerprint density at radius 1 is 1.33 bits per heavy atom. The fourth-order valence-corrected chi connectivity index (χ4v) is 3.05. The summed E-state index contributed by atoms with van der Waals surface area (Å²) in [6, 6.07) is 6.64. The average Bonchev–Trinajstić information content (AvgIpc) is 2.87. The molecule has 1 saturated heterocycles. The minimum absolute atomic E-state index is 0.180. The highest BCUT2D eigenvalue weighted by molar-refractivity contribution is 5.40. The Morgan fingerprint density at radius 3 is 3.00 bits per heavy atom. The van der Waals surface area contributed by atoms with Crippen LogP contribution in [-0.2, 0) is 6.42 Å². The molecule has 0 bridgehead atoms. The summed E-state index contributed by atoms with van der Waals surface area (Å²) in [5.41, 5.74) is 8.96. The number of hydrogen-bond acceptors (Lipinski definition) is 3. The average molecular weight is 246 g/mol. The molecule has 1 aromatic carbocycles. The van der Waals surface area contributed by atoms with Crippen molar-refractivity contribution >= 4 is 0 Å². The number of nitrogens with two attached hydrogens (primary N) is 1. The van der Waals surface area contributed by atoms with Crippen LogP contribution in [0, 0.1) is 5.92 Å². The first-order chi connectivity index (χ1) is 8.83. The molecule has 0 aromatic heterocycles. The highest BCUT2D eigenvalue weighted by Gasteiger charge is 2.19. The van der Waals surface area contributed by atoms with E-state index in [2.05, 4.69) is 23.5 Å². The Hall–Kier alpha value is -1.06. The van der Waals surface area contributed by atoms with E-state index in [9.17, 15) is 0 Å². The monoisotopic (exact) mass is 246 g/mol. The molecule has 98 valence electrons. The van der Waals surface area contributed by atoms with Gasteiger partial charge in [-0.15, -0.1) is 0 Å². The molecule has 0 spiro atoms. The first-order valence-electron chi connectivity index (χ1n) is 7.05. The van der Waals surface area contributed by atoms with Crippen molar-refractivity contribution in [2.45, 2.75) is 31.7 Å². The number of fused-ring (bicyclic) bond motifs is 1. The highest BCUT2D eigenvalue weighted by Crippen LogP contribution is 2.30. The lowest BCUT2D eigenvalue weighted by atomic mass is 9.88. The number of piperidine rings is 1. The lowest BCUT2D eigenvalue weighted by Crippen LogP contribution is -2.29. The van der Waals surface area contributed by atoms with Crippen LogP contribution in [0.1, 0.15) is 36.4 Å². The van der Waals surface area contributed by atoms with Crippen LogP contribution in [0.25, 0.3) is 0 Å². The molecule has 0 radical (unpaired) electrons. The largest absolute Gasteiger partial charge is 0.493 e. The van der Waals surface area contributed by atoms with Gasteiger partial charge in [0.05, 0.1) is 6.61 Å². The quantitative estimate of drug-likeness (QED) is 0.857. The highest BCUT2D eigenvalue weighted by atomic mass is 16.5. The molecule has 0 saturated carbocycles. The summed E-state index contributed by atoms with van der Waals surface area (Å²) in [6.07, 6.45) is 4.67. The molecule has 1 aromatic rings. The van der Waals surface area contributed by atoms with E-state index in [1.54, 1.807) is 0 Å². The van der Waals surface area contributed by atoms with Gasteiger partial charge in [-0.1, -0.05) is 12.1 Å². The molecule has 2 heterocycles. The SMILES string of the molecule is NC(CC1CCNCC1)c1ccc2c(c1)CCO2. The summed E-state index contributed by atoms with van der Waals surface area (Å²) in [5, 5.41) is 3.40. The molecule has 0 aliphatic carbocycles. The zero-order chi connectivity index (χ0) is 12.4. The molecule has 2 aliphatic heterocycles. The van der Waals surface area contributed by atoms with Crippen LogP contribution in [0.15, 0.2) is 18.2 Å². The van der Waals surface area contributed by atoms with Crippen molar-refractivity contribution in [2.75, 3.05) is 19.7 Å². The van der Waals surface area contributed by atoms with Gasteiger partial charge >= 0.3 is 0 Å². The third-order valence-corrected chi connectivity index (χ3v) is 4.19. The maximum Gasteiger partial charge on any atom is 0.122 e. The second-order valence-electron chi connectivity index (χ2n) is 5.50. The van der Waals surface area contributed by atoms with Crippen LogP contribution in [-0.4, -0.2) is 19.7 Å². The first kappa shape index (κ1) is 12.0. The van der Waals surface area contributed by atoms with Crippen molar-refractivity contribution in [3.63, 3.8) is 0 Å². The van der Waals surface area contributed by atoms with Gasteiger partial charge in [0.1, 0.15) is 5.75 Å². The predicted octanol–water partition coefficient (Wildman–Crippen LogP) is 2.01. The zero-order valence-corrected chi connectivity index (χ0v) is 10.8. The fourth-order valence-electron chi connectivity index (χ4n) is 3.05. The maximum atomic E-state index is 6.36. The summed E-state index contributed by atoms with van der Waals surface area (Å²) in [7, 11) is 0. The van der Waals surface area contributed by atoms with Crippen LogP contribution in [0.4, 0.5) is 0 Å². The van der Waals surface area contributed by atoms with Crippen LogP contribution in [0.2, 0.25) is 0 Å². The molecule has 3 heteroatoms. The predicted molar refractivity (Wildman–Crippen MR) is 72.8 cm³/mol. The standard InChI is InChI=1S/C15H22N2O/c16-14(9-11-3-6-17-7-4-11)12-1-2-15-13(10-12)5-8-18-15/h1-2,10-11,14,17H,3-9,16H2. The third-order valence-electron chi connectivity index (χ3n) is 4.19. The van der Waals surface area contributed by atoms with Crippen molar-refractivity contribution in [3.05, 3.63) is 29.3 Å². The molecular weight excluding hydrogens is 224 g/mol. The van der Waals surface area contributed by atoms with Gasteiger partial charge in [0, 0.05) is 12.5 Å². The second kappa shape index (κ2) is 5.29. The van der Waals surface area contributed by atoms with Gasteiger partial charge in [0.2, 0.25) is 0 Å². The van der Waals surface area contributed by atoms with E-state index in [1.165, 1.54) is 24.0 Å². The van der Waals surface area contributed by atoms with Gasteiger partial charge in [-0.25, -0.2) is 0 Å². The molecule has 3 rings (SSSR count). The minimum atomic E-state index is 0.180. The van der Waals surface area contributed by atoms with Crippen LogP contribution in [0.3, 0.4) is 0 Å². The molecule has 1 atom stereocenters. The second-order valence-corrected chi connectivity index (χ2v) is 5.50. The number of benzene rings is 1. The zero-order valence-electron chi connectivity index (χ0n) is 10.8. The topological polar surface area (TPSA) is 47.3 Å². The van der Waals surface area contributed by atoms with E-state index >= 15 is 0 Å². The molecule has 18 heavy (non-hydrogen) atoms. The smallest absolute Gasteiger partial charge is 0.122 e. The van der Waals surface area contributed by atoms with E-state index in [4.69, 9.17) is 10.5 Å². The molecule has 1 unspecified atom stereocenters. The number of hydrogen-bond donors (Lipinski definition) is 2. The maximum absolute atomic E-state index is 6.36. The molecule has 0 amide bonds. The number of rotatable bonds is 3. The summed E-state index contributed by atoms with van der Waals surface area (Å²) >= 11 is 0. The Labute approximate surface area is 109 Å². The van der Waals surface area contributed by atoms with E-state index in [0.29, 0.717) is 0 Å². The van der Waals surface area contributed by atoms with E-state index in [0.717, 1.165) is 44.2 Å². The number of ether oxygens (including phenoxy) is 1.